The van der Waals surface area contributed by atoms with Crippen LogP contribution in [0.25, 0.3) is 0 Å². The molecule has 5 heteroatoms. The lowest BCUT2D eigenvalue weighted by atomic mass is 9.97. The summed E-state index contributed by atoms with van der Waals surface area (Å²) >= 11 is 0. The predicted octanol–water partition coefficient (Wildman–Crippen LogP) is 4.13. The van der Waals surface area contributed by atoms with Crippen molar-refractivity contribution in [1.29, 1.82) is 0 Å². The van der Waals surface area contributed by atoms with Crippen molar-refractivity contribution in [2.75, 3.05) is 6.54 Å². The fraction of sp³-hybridized carbons (Fsp3) is 0.538. The fourth-order valence-electron chi connectivity index (χ4n) is 1.95. The average molecular weight is 263 g/mol. The van der Waals surface area contributed by atoms with Crippen LogP contribution in [-0.4, -0.2) is 12.7 Å². The lowest BCUT2D eigenvalue weighted by Crippen LogP contribution is -2.23. The van der Waals surface area contributed by atoms with E-state index in [4.69, 9.17) is 0 Å². The number of hydrogen-bond donors (Lipinski definition) is 1. The third kappa shape index (κ3) is 4.64. The van der Waals surface area contributed by atoms with Crippen molar-refractivity contribution in [3.05, 3.63) is 35.1 Å². The van der Waals surface area contributed by atoms with Crippen LogP contribution >= 0.6 is 0 Å². The first-order valence-corrected chi connectivity index (χ1v) is 5.89. The van der Waals surface area contributed by atoms with Gasteiger partial charge in [-0.25, -0.2) is 4.39 Å². The predicted molar refractivity (Wildman–Crippen MR) is 62.8 cm³/mol. The monoisotopic (exact) mass is 263 g/mol. The topological polar surface area (TPSA) is 12.0 Å². The summed E-state index contributed by atoms with van der Waals surface area (Å²) in [4.78, 5) is 0. The van der Waals surface area contributed by atoms with Crippen LogP contribution < -0.4 is 5.32 Å². The van der Waals surface area contributed by atoms with E-state index in [2.05, 4.69) is 5.32 Å². The molecule has 18 heavy (non-hydrogen) atoms. The minimum Gasteiger partial charge on any atom is -0.310 e. The van der Waals surface area contributed by atoms with Gasteiger partial charge in [0.2, 0.25) is 0 Å². The fourth-order valence-corrected chi connectivity index (χ4v) is 1.95. The second-order valence-electron chi connectivity index (χ2n) is 4.27. The summed E-state index contributed by atoms with van der Waals surface area (Å²) in [5.74, 6) is -0.373. The van der Waals surface area contributed by atoms with Gasteiger partial charge in [-0.2, -0.15) is 13.2 Å². The van der Waals surface area contributed by atoms with E-state index >= 15 is 0 Å². The van der Waals surface area contributed by atoms with Gasteiger partial charge in [-0.05, 0) is 43.1 Å². The molecule has 0 aliphatic heterocycles. The van der Waals surface area contributed by atoms with E-state index in [1.807, 2.05) is 6.92 Å². The van der Waals surface area contributed by atoms with Crippen molar-refractivity contribution >= 4 is 0 Å². The zero-order valence-corrected chi connectivity index (χ0v) is 10.4. The quantitative estimate of drug-likeness (QED) is 0.788. The zero-order chi connectivity index (χ0) is 13.8. The van der Waals surface area contributed by atoms with Gasteiger partial charge in [0.25, 0.3) is 0 Å². The number of halogens is 4. The first-order chi connectivity index (χ1) is 8.33. The van der Waals surface area contributed by atoms with Gasteiger partial charge in [-0.15, -0.1) is 0 Å². The van der Waals surface area contributed by atoms with Gasteiger partial charge >= 0.3 is 6.18 Å². The number of aryl methyl sites for hydroxylation is 1. The molecular formula is C13H17F4N. The van der Waals surface area contributed by atoms with Gasteiger partial charge in [0.1, 0.15) is 5.82 Å². The van der Waals surface area contributed by atoms with Crippen LogP contribution in [0, 0.1) is 12.7 Å². The number of benzene rings is 1. The maximum Gasteiger partial charge on any atom is 0.389 e. The van der Waals surface area contributed by atoms with Gasteiger partial charge in [0, 0.05) is 12.5 Å². The average Bonchev–Trinajstić information content (AvgIpc) is 2.24. The highest BCUT2D eigenvalue weighted by molar-refractivity contribution is 5.29. The third-order valence-corrected chi connectivity index (χ3v) is 2.77. The molecule has 0 aromatic heterocycles. The third-order valence-electron chi connectivity index (χ3n) is 2.77. The van der Waals surface area contributed by atoms with Gasteiger partial charge in [0.05, 0.1) is 0 Å². The molecule has 1 aromatic rings. The van der Waals surface area contributed by atoms with E-state index < -0.39 is 18.6 Å². The van der Waals surface area contributed by atoms with E-state index in [-0.39, 0.29) is 12.2 Å². The molecule has 1 N–H and O–H groups in total. The Morgan fingerprint density at radius 1 is 1.28 bits per heavy atom. The number of nitrogens with one attached hydrogen (secondary N) is 1. The molecule has 102 valence electrons. The first kappa shape index (κ1) is 15.0. The van der Waals surface area contributed by atoms with Crippen molar-refractivity contribution in [3.8, 4) is 0 Å². The van der Waals surface area contributed by atoms with Crippen molar-refractivity contribution in [2.24, 2.45) is 0 Å². The van der Waals surface area contributed by atoms with Gasteiger partial charge < -0.3 is 5.32 Å². The van der Waals surface area contributed by atoms with Crippen LogP contribution in [0.2, 0.25) is 0 Å². The van der Waals surface area contributed by atoms with Crippen molar-refractivity contribution in [2.45, 2.75) is 38.9 Å². The van der Waals surface area contributed by atoms with Crippen molar-refractivity contribution < 1.29 is 17.6 Å². The van der Waals surface area contributed by atoms with E-state index in [0.717, 1.165) is 5.56 Å². The molecule has 0 saturated heterocycles. The van der Waals surface area contributed by atoms with Crippen molar-refractivity contribution in [1.82, 2.24) is 5.32 Å². The molecule has 1 atom stereocenters. The number of alkyl halides is 3. The molecular weight excluding hydrogens is 246 g/mol. The van der Waals surface area contributed by atoms with Crippen LogP contribution in [0.4, 0.5) is 17.6 Å². The Balaban J connectivity index is 2.83. The summed E-state index contributed by atoms with van der Waals surface area (Å²) in [5, 5.41) is 3.01. The Labute approximate surface area is 104 Å². The maximum atomic E-state index is 13.0. The minimum absolute atomic E-state index is 0.0379. The molecule has 0 aliphatic carbocycles. The molecule has 0 amide bonds. The van der Waals surface area contributed by atoms with E-state index in [0.29, 0.717) is 12.1 Å². The molecule has 0 spiro atoms. The zero-order valence-electron chi connectivity index (χ0n) is 10.4. The maximum absolute atomic E-state index is 13.0. The van der Waals surface area contributed by atoms with Crippen LogP contribution in [0.5, 0.6) is 0 Å². The number of rotatable bonds is 5. The Morgan fingerprint density at radius 2 is 1.94 bits per heavy atom. The summed E-state index contributed by atoms with van der Waals surface area (Å²) in [7, 11) is 0. The molecule has 1 rings (SSSR count). The Hall–Kier alpha value is -1.10. The second kappa shape index (κ2) is 6.18. The van der Waals surface area contributed by atoms with Crippen LogP contribution in [-0.2, 0) is 0 Å². The van der Waals surface area contributed by atoms with Gasteiger partial charge in [0.15, 0.2) is 0 Å². The highest BCUT2D eigenvalue weighted by Crippen LogP contribution is 2.29. The van der Waals surface area contributed by atoms with E-state index in [9.17, 15) is 17.6 Å². The van der Waals surface area contributed by atoms with Gasteiger partial charge in [-0.3, -0.25) is 0 Å². The molecule has 0 aliphatic rings. The highest BCUT2D eigenvalue weighted by atomic mass is 19.4. The van der Waals surface area contributed by atoms with Crippen LogP contribution in [0.1, 0.15) is 36.9 Å². The standard InChI is InChI=1S/C13H17F4N/c1-3-18-12(6-7-13(15,16)17)11-5-4-10(14)8-9(11)2/h4-5,8,12,18H,3,6-7H2,1-2H3. The van der Waals surface area contributed by atoms with Crippen molar-refractivity contribution in [3.63, 3.8) is 0 Å². The second-order valence-corrected chi connectivity index (χ2v) is 4.27. The normalized spacial score (nSPS) is 13.7. The molecule has 0 radical (unpaired) electrons. The Kier molecular flexibility index (Phi) is 5.14. The highest BCUT2D eigenvalue weighted by Gasteiger charge is 2.28. The summed E-state index contributed by atoms with van der Waals surface area (Å²) < 4.78 is 49.7. The lowest BCUT2D eigenvalue weighted by Gasteiger charge is -2.21. The Morgan fingerprint density at radius 3 is 2.44 bits per heavy atom. The van der Waals surface area contributed by atoms with Gasteiger partial charge in [-0.1, -0.05) is 13.0 Å². The lowest BCUT2D eigenvalue weighted by molar-refractivity contribution is -0.136. The first-order valence-electron chi connectivity index (χ1n) is 5.89. The Bertz CT molecular complexity index is 387. The molecule has 1 nitrogen and oxygen atoms in total. The molecule has 0 saturated carbocycles. The van der Waals surface area contributed by atoms with E-state index in [1.54, 1.807) is 13.0 Å². The molecule has 1 unspecified atom stereocenters. The smallest absolute Gasteiger partial charge is 0.310 e. The van der Waals surface area contributed by atoms with Crippen LogP contribution in [0.3, 0.4) is 0 Å². The summed E-state index contributed by atoms with van der Waals surface area (Å²) in [6.45, 7) is 4.11. The summed E-state index contributed by atoms with van der Waals surface area (Å²) in [5.41, 5.74) is 1.39. The van der Waals surface area contributed by atoms with E-state index in [1.165, 1.54) is 12.1 Å². The summed E-state index contributed by atoms with van der Waals surface area (Å²) in [6, 6.07) is 3.78. The van der Waals surface area contributed by atoms with Crippen LogP contribution in [0.15, 0.2) is 18.2 Å². The molecule has 1 aromatic carbocycles. The molecule has 0 bridgehead atoms. The molecule has 0 fully saturated rings. The molecule has 0 heterocycles. The summed E-state index contributed by atoms with van der Waals surface area (Å²) in [6.07, 6.45) is -5.05. The number of hydrogen-bond acceptors (Lipinski definition) is 1. The largest absolute Gasteiger partial charge is 0.389 e. The minimum atomic E-state index is -4.17. The SMILES string of the molecule is CCNC(CCC(F)(F)F)c1ccc(F)cc1C.